The van der Waals surface area contributed by atoms with Gasteiger partial charge in [-0.3, -0.25) is 4.79 Å². The molecule has 1 aliphatic heterocycles. The summed E-state index contributed by atoms with van der Waals surface area (Å²) in [5.74, 6) is 2.37. The van der Waals surface area contributed by atoms with E-state index < -0.39 is 0 Å². The highest BCUT2D eigenvalue weighted by atomic mass is 32.2. The van der Waals surface area contributed by atoms with Gasteiger partial charge in [0.05, 0.1) is 19.0 Å². The van der Waals surface area contributed by atoms with Crippen molar-refractivity contribution in [1.82, 2.24) is 4.90 Å². The van der Waals surface area contributed by atoms with Crippen molar-refractivity contribution in [3.8, 4) is 11.5 Å². The molecule has 0 saturated carbocycles. The van der Waals surface area contributed by atoms with Crippen LogP contribution in [0.1, 0.15) is 25.0 Å². The number of nitrogens with zero attached hydrogens (tertiary/aromatic N) is 1. The number of amides is 1. The van der Waals surface area contributed by atoms with E-state index in [0.717, 1.165) is 29.4 Å². The monoisotopic (exact) mass is 371 g/mol. The van der Waals surface area contributed by atoms with Crippen LogP contribution in [0, 0.1) is 0 Å². The Morgan fingerprint density at radius 2 is 1.69 bits per heavy atom. The summed E-state index contributed by atoms with van der Waals surface area (Å²) in [6, 6.07) is 14.1. The molecule has 0 spiro atoms. The van der Waals surface area contributed by atoms with Crippen molar-refractivity contribution in [3.63, 3.8) is 0 Å². The highest BCUT2D eigenvalue weighted by Gasteiger charge is 2.21. The second-order valence-corrected chi connectivity index (χ2v) is 7.17. The van der Waals surface area contributed by atoms with Crippen LogP contribution in [0.25, 0.3) is 0 Å². The lowest BCUT2D eigenvalue weighted by Gasteiger charge is -2.29. The minimum absolute atomic E-state index is 0.177. The van der Waals surface area contributed by atoms with Crippen molar-refractivity contribution in [2.24, 2.45) is 0 Å². The maximum absolute atomic E-state index is 12.6. The highest BCUT2D eigenvalue weighted by Crippen LogP contribution is 2.26. The van der Waals surface area contributed by atoms with E-state index in [2.05, 4.69) is 12.1 Å². The third-order valence-corrected chi connectivity index (χ3v) is 5.35. The summed E-state index contributed by atoms with van der Waals surface area (Å²) in [7, 11) is 0. The Morgan fingerprint density at radius 1 is 1.00 bits per heavy atom. The van der Waals surface area contributed by atoms with Crippen molar-refractivity contribution < 1.29 is 14.3 Å². The molecule has 4 nitrogen and oxygen atoms in total. The molecule has 1 aliphatic rings. The molecule has 2 aromatic rings. The molecule has 1 heterocycles. The number of rotatable bonds is 7. The summed E-state index contributed by atoms with van der Waals surface area (Å²) >= 11 is 1.57. The normalized spacial score (nSPS) is 13.2. The Bertz CT molecular complexity index is 745. The lowest BCUT2D eigenvalue weighted by atomic mass is 9.99. The van der Waals surface area contributed by atoms with Crippen LogP contribution in [-0.4, -0.2) is 36.3 Å². The molecule has 138 valence electrons. The molecule has 0 unspecified atom stereocenters. The number of carbonyl (C=O) groups is 1. The highest BCUT2D eigenvalue weighted by molar-refractivity contribution is 8.00. The van der Waals surface area contributed by atoms with Crippen LogP contribution in [0.3, 0.4) is 0 Å². The number of hydrogen-bond donors (Lipinski definition) is 0. The van der Waals surface area contributed by atoms with Gasteiger partial charge in [-0.1, -0.05) is 6.07 Å². The summed E-state index contributed by atoms with van der Waals surface area (Å²) in [4.78, 5) is 15.6. The summed E-state index contributed by atoms with van der Waals surface area (Å²) in [6.07, 6.45) is 0.904. The van der Waals surface area contributed by atoms with Gasteiger partial charge in [-0.2, -0.15) is 0 Å². The Balaban J connectivity index is 1.56. The van der Waals surface area contributed by atoms with E-state index in [4.69, 9.17) is 9.47 Å². The van der Waals surface area contributed by atoms with Crippen LogP contribution in [0.15, 0.2) is 47.4 Å². The molecule has 26 heavy (non-hydrogen) atoms. The van der Waals surface area contributed by atoms with Gasteiger partial charge < -0.3 is 14.4 Å². The summed E-state index contributed by atoms with van der Waals surface area (Å²) in [5.41, 5.74) is 2.51. The van der Waals surface area contributed by atoms with Crippen molar-refractivity contribution >= 4 is 17.7 Å². The fourth-order valence-corrected chi connectivity index (χ4v) is 3.84. The third kappa shape index (κ3) is 4.73. The molecule has 0 radical (unpaired) electrons. The molecule has 0 fully saturated rings. The Kier molecular flexibility index (Phi) is 6.45. The molecule has 5 heteroatoms. The molecule has 3 rings (SSSR count). The Labute approximate surface area is 159 Å². The van der Waals surface area contributed by atoms with E-state index in [1.165, 1.54) is 11.1 Å². The largest absolute Gasteiger partial charge is 0.494 e. The molecular formula is C21H25NO3S. The lowest BCUT2D eigenvalue weighted by Crippen LogP contribution is -2.37. The number of fused-ring (bicyclic) bond motifs is 1. The van der Waals surface area contributed by atoms with Gasteiger partial charge >= 0.3 is 0 Å². The zero-order valence-electron chi connectivity index (χ0n) is 15.4. The van der Waals surface area contributed by atoms with Gasteiger partial charge in [0.2, 0.25) is 5.91 Å². The first-order chi connectivity index (χ1) is 12.7. The fourth-order valence-electron chi connectivity index (χ4n) is 3.04. The number of benzene rings is 2. The maximum Gasteiger partial charge on any atom is 0.233 e. The number of hydrogen-bond acceptors (Lipinski definition) is 4. The van der Waals surface area contributed by atoms with Crippen LogP contribution < -0.4 is 9.47 Å². The van der Waals surface area contributed by atoms with Crippen molar-refractivity contribution in [1.29, 1.82) is 0 Å². The molecule has 1 amide bonds. The molecular weight excluding hydrogens is 346 g/mol. The topological polar surface area (TPSA) is 38.8 Å². The predicted octanol–water partition coefficient (Wildman–Crippen LogP) is 4.16. The third-order valence-electron chi connectivity index (χ3n) is 4.35. The Morgan fingerprint density at radius 3 is 2.42 bits per heavy atom. The second kappa shape index (κ2) is 8.99. The lowest BCUT2D eigenvalue weighted by molar-refractivity contribution is -0.129. The minimum atomic E-state index is 0.177. The average molecular weight is 372 g/mol. The van der Waals surface area contributed by atoms with Gasteiger partial charge in [0.25, 0.3) is 0 Å². The van der Waals surface area contributed by atoms with Crippen LogP contribution in [0.4, 0.5) is 0 Å². The van der Waals surface area contributed by atoms with Crippen molar-refractivity contribution in [2.75, 3.05) is 25.5 Å². The summed E-state index contributed by atoms with van der Waals surface area (Å²) in [6.45, 7) is 6.71. The quantitative estimate of drug-likeness (QED) is 0.685. The summed E-state index contributed by atoms with van der Waals surface area (Å²) in [5, 5.41) is 0. The second-order valence-electron chi connectivity index (χ2n) is 6.12. The smallest absolute Gasteiger partial charge is 0.233 e. The van der Waals surface area contributed by atoms with Crippen LogP contribution in [0.2, 0.25) is 0 Å². The first-order valence-corrected chi connectivity index (χ1v) is 10.1. The zero-order chi connectivity index (χ0) is 18.4. The van der Waals surface area contributed by atoms with E-state index >= 15 is 0 Å². The minimum Gasteiger partial charge on any atom is -0.494 e. The van der Waals surface area contributed by atoms with Gasteiger partial charge in [-0.05, 0) is 67.8 Å². The predicted molar refractivity (Wildman–Crippen MR) is 105 cm³/mol. The first kappa shape index (κ1) is 18.6. The van der Waals surface area contributed by atoms with Crippen molar-refractivity contribution in [3.05, 3.63) is 53.6 Å². The molecule has 0 bridgehead atoms. The van der Waals surface area contributed by atoms with Gasteiger partial charge in [0, 0.05) is 18.0 Å². The van der Waals surface area contributed by atoms with E-state index in [1.54, 1.807) is 11.8 Å². The van der Waals surface area contributed by atoms with Crippen LogP contribution >= 0.6 is 11.8 Å². The molecule has 0 saturated heterocycles. The number of thioether (sulfide) groups is 1. The fraction of sp³-hybridized carbons (Fsp3) is 0.381. The maximum atomic E-state index is 12.6. The number of carbonyl (C=O) groups excluding carboxylic acids is 1. The SMILES string of the molecule is CCOc1ccc(SCC(=O)N2CCc3ccc(OCC)cc3C2)cc1. The molecule has 0 N–H and O–H groups in total. The van der Waals surface area contributed by atoms with Gasteiger partial charge in [0.1, 0.15) is 11.5 Å². The standard InChI is InChI=1S/C21H25NO3S/c1-3-24-18-7-9-20(10-8-18)26-15-21(23)22-12-11-16-5-6-19(25-4-2)13-17(16)14-22/h5-10,13H,3-4,11-12,14-15H2,1-2H3. The van der Waals surface area contributed by atoms with Crippen molar-refractivity contribution in [2.45, 2.75) is 31.7 Å². The molecule has 2 aromatic carbocycles. The van der Waals surface area contributed by atoms with E-state index in [-0.39, 0.29) is 5.91 Å². The van der Waals surface area contributed by atoms with Gasteiger partial charge in [-0.15, -0.1) is 11.8 Å². The average Bonchev–Trinajstić information content (AvgIpc) is 2.67. The molecule has 0 aliphatic carbocycles. The van der Waals surface area contributed by atoms with E-state index in [9.17, 15) is 4.79 Å². The summed E-state index contributed by atoms with van der Waals surface area (Å²) < 4.78 is 11.0. The number of ether oxygens (including phenoxy) is 2. The van der Waals surface area contributed by atoms with Gasteiger partial charge in [0.15, 0.2) is 0 Å². The first-order valence-electron chi connectivity index (χ1n) is 9.07. The zero-order valence-corrected chi connectivity index (χ0v) is 16.2. The van der Waals surface area contributed by atoms with E-state index in [1.807, 2.05) is 49.1 Å². The van der Waals surface area contributed by atoms with Crippen LogP contribution in [0.5, 0.6) is 11.5 Å². The van der Waals surface area contributed by atoms with Gasteiger partial charge in [-0.25, -0.2) is 0 Å². The molecule has 0 atom stereocenters. The Hall–Kier alpha value is -2.14. The van der Waals surface area contributed by atoms with Crippen LogP contribution in [-0.2, 0) is 17.8 Å². The molecule has 0 aromatic heterocycles. The van der Waals surface area contributed by atoms with E-state index in [0.29, 0.717) is 25.5 Å².